The Kier molecular flexibility index (Phi) is 3.40. The standard InChI is InChI=1S/C10H17NO/c1-8(2)9-3-5-10(6-4-9)12-7-11/h8-10H,3-6H2,1-2H3. The van der Waals surface area contributed by atoms with Gasteiger partial charge in [0, 0.05) is 0 Å². The van der Waals surface area contributed by atoms with Crippen molar-refractivity contribution >= 4 is 0 Å². The maximum Gasteiger partial charge on any atom is 0.286 e. The molecule has 0 aliphatic heterocycles. The molecule has 0 radical (unpaired) electrons. The molecule has 0 saturated heterocycles. The van der Waals surface area contributed by atoms with Gasteiger partial charge in [0.05, 0.1) is 0 Å². The zero-order valence-corrected chi connectivity index (χ0v) is 7.92. The van der Waals surface area contributed by atoms with E-state index in [0.29, 0.717) is 0 Å². The second kappa shape index (κ2) is 4.35. The molecule has 0 aromatic rings. The van der Waals surface area contributed by atoms with E-state index in [-0.39, 0.29) is 6.10 Å². The smallest absolute Gasteiger partial charge is 0.286 e. The van der Waals surface area contributed by atoms with Crippen LogP contribution in [0, 0.1) is 23.4 Å². The van der Waals surface area contributed by atoms with Crippen LogP contribution in [-0.2, 0) is 4.74 Å². The van der Waals surface area contributed by atoms with Crippen LogP contribution < -0.4 is 0 Å². The van der Waals surface area contributed by atoms with Crippen LogP contribution in [0.3, 0.4) is 0 Å². The summed E-state index contributed by atoms with van der Waals surface area (Å²) in [7, 11) is 0. The van der Waals surface area contributed by atoms with Gasteiger partial charge in [-0.25, -0.2) is 0 Å². The molecule has 1 rings (SSSR count). The molecule has 1 saturated carbocycles. The molecule has 0 atom stereocenters. The highest BCUT2D eigenvalue weighted by atomic mass is 16.5. The summed E-state index contributed by atoms with van der Waals surface area (Å²) in [6.45, 7) is 4.55. The van der Waals surface area contributed by atoms with Crippen LogP contribution in [-0.4, -0.2) is 6.10 Å². The van der Waals surface area contributed by atoms with Crippen molar-refractivity contribution in [3.8, 4) is 6.26 Å². The van der Waals surface area contributed by atoms with Crippen LogP contribution in [0.1, 0.15) is 39.5 Å². The Morgan fingerprint density at radius 1 is 1.25 bits per heavy atom. The van der Waals surface area contributed by atoms with Crippen LogP contribution in [0.15, 0.2) is 0 Å². The molecule has 0 aromatic heterocycles. The largest absolute Gasteiger partial charge is 0.424 e. The molecule has 0 amide bonds. The number of hydrogen-bond donors (Lipinski definition) is 0. The fourth-order valence-corrected chi connectivity index (χ4v) is 1.95. The van der Waals surface area contributed by atoms with E-state index in [1.807, 2.05) is 0 Å². The predicted molar refractivity (Wildman–Crippen MR) is 47.3 cm³/mol. The summed E-state index contributed by atoms with van der Waals surface area (Å²) in [6, 6.07) is 0. The van der Waals surface area contributed by atoms with Crippen LogP contribution in [0.5, 0.6) is 0 Å². The minimum absolute atomic E-state index is 0.213. The van der Waals surface area contributed by atoms with Gasteiger partial charge in [-0.15, -0.1) is 0 Å². The molecule has 1 fully saturated rings. The third-order valence-electron chi connectivity index (χ3n) is 2.88. The Morgan fingerprint density at radius 3 is 2.25 bits per heavy atom. The monoisotopic (exact) mass is 167 g/mol. The molecule has 1 aliphatic carbocycles. The van der Waals surface area contributed by atoms with Crippen molar-refractivity contribution in [2.24, 2.45) is 11.8 Å². The van der Waals surface area contributed by atoms with E-state index < -0.39 is 0 Å². The molecule has 0 bridgehead atoms. The first-order valence-electron chi connectivity index (χ1n) is 4.78. The third-order valence-corrected chi connectivity index (χ3v) is 2.88. The van der Waals surface area contributed by atoms with Gasteiger partial charge in [0.1, 0.15) is 6.10 Å². The van der Waals surface area contributed by atoms with Gasteiger partial charge in [-0.1, -0.05) is 13.8 Å². The summed E-state index contributed by atoms with van der Waals surface area (Å²) in [4.78, 5) is 0. The van der Waals surface area contributed by atoms with Crippen LogP contribution in [0.25, 0.3) is 0 Å². The fourth-order valence-electron chi connectivity index (χ4n) is 1.95. The van der Waals surface area contributed by atoms with Crippen molar-refractivity contribution in [1.29, 1.82) is 5.26 Å². The summed E-state index contributed by atoms with van der Waals surface area (Å²) in [5.74, 6) is 1.64. The zero-order chi connectivity index (χ0) is 8.97. The van der Waals surface area contributed by atoms with E-state index >= 15 is 0 Å². The van der Waals surface area contributed by atoms with Crippen molar-refractivity contribution in [3.05, 3.63) is 0 Å². The van der Waals surface area contributed by atoms with Gasteiger partial charge in [-0.3, -0.25) is 0 Å². The van der Waals surface area contributed by atoms with Gasteiger partial charge < -0.3 is 4.74 Å². The minimum atomic E-state index is 0.213. The van der Waals surface area contributed by atoms with Crippen molar-refractivity contribution in [1.82, 2.24) is 0 Å². The number of rotatable bonds is 2. The highest BCUT2D eigenvalue weighted by Crippen LogP contribution is 2.30. The lowest BCUT2D eigenvalue weighted by molar-refractivity contribution is 0.0897. The van der Waals surface area contributed by atoms with E-state index in [9.17, 15) is 0 Å². The molecule has 12 heavy (non-hydrogen) atoms. The lowest BCUT2D eigenvalue weighted by Crippen LogP contribution is -2.22. The first kappa shape index (κ1) is 9.38. The van der Waals surface area contributed by atoms with Crippen molar-refractivity contribution in [2.45, 2.75) is 45.6 Å². The minimum Gasteiger partial charge on any atom is -0.424 e. The highest BCUT2D eigenvalue weighted by molar-refractivity contribution is 4.76. The van der Waals surface area contributed by atoms with E-state index in [0.717, 1.165) is 24.7 Å². The van der Waals surface area contributed by atoms with Gasteiger partial charge in [0.2, 0.25) is 0 Å². The van der Waals surface area contributed by atoms with Crippen molar-refractivity contribution in [2.75, 3.05) is 0 Å². The summed E-state index contributed by atoms with van der Waals surface area (Å²) >= 11 is 0. The maximum absolute atomic E-state index is 8.32. The van der Waals surface area contributed by atoms with Gasteiger partial charge in [0.15, 0.2) is 0 Å². The highest BCUT2D eigenvalue weighted by Gasteiger charge is 2.23. The molecular formula is C10H17NO. The first-order valence-corrected chi connectivity index (χ1v) is 4.78. The normalized spacial score (nSPS) is 29.8. The fraction of sp³-hybridized carbons (Fsp3) is 0.900. The molecular weight excluding hydrogens is 150 g/mol. The van der Waals surface area contributed by atoms with E-state index in [2.05, 4.69) is 13.8 Å². The van der Waals surface area contributed by atoms with Crippen LogP contribution in [0.4, 0.5) is 0 Å². The third kappa shape index (κ3) is 2.41. The molecule has 0 aromatic carbocycles. The molecule has 0 heterocycles. The second-order valence-electron chi connectivity index (χ2n) is 3.99. The lowest BCUT2D eigenvalue weighted by atomic mass is 9.80. The van der Waals surface area contributed by atoms with E-state index in [1.165, 1.54) is 12.8 Å². The number of nitrogens with zero attached hydrogens (tertiary/aromatic N) is 1. The van der Waals surface area contributed by atoms with E-state index in [4.69, 9.17) is 10.00 Å². The zero-order valence-electron chi connectivity index (χ0n) is 7.92. The Labute approximate surface area is 74.5 Å². The molecule has 0 unspecified atom stereocenters. The Balaban J connectivity index is 2.26. The topological polar surface area (TPSA) is 33.0 Å². The van der Waals surface area contributed by atoms with Crippen LogP contribution in [0.2, 0.25) is 0 Å². The molecule has 2 nitrogen and oxygen atoms in total. The SMILES string of the molecule is CC(C)C1CCC(OC#N)CC1. The molecule has 68 valence electrons. The summed E-state index contributed by atoms with van der Waals surface area (Å²) < 4.78 is 4.92. The number of ether oxygens (including phenoxy) is 1. The molecule has 0 N–H and O–H groups in total. The average molecular weight is 167 g/mol. The van der Waals surface area contributed by atoms with Gasteiger partial charge in [0.25, 0.3) is 6.26 Å². The molecule has 0 spiro atoms. The first-order chi connectivity index (χ1) is 5.74. The maximum atomic E-state index is 8.32. The number of nitriles is 1. The Hall–Kier alpha value is -0.710. The quantitative estimate of drug-likeness (QED) is 0.592. The average Bonchev–Trinajstić information content (AvgIpc) is 2.06. The summed E-state index contributed by atoms with van der Waals surface area (Å²) in [6.07, 6.45) is 6.58. The number of hydrogen-bond acceptors (Lipinski definition) is 2. The van der Waals surface area contributed by atoms with Gasteiger partial charge >= 0.3 is 0 Å². The Bertz CT molecular complexity index is 163. The van der Waals surface area contributed by atoms with Crippen LogP contribution >= 0.6 is 0 Å². The summed E-state index contributed by atoms with van der Waals surface area (Å²) in [5, 5.41) is 8.32. The Morgan fingerprint density at radius 2 is 1.83 bits per heavy atom. The van der Waals surface area contributed by atoms with Crippen molar-refractivity contribution in [3.63, 3.8) is 0 Å². The summed E-state index contributed by atoms with van der Waals surface area (Å²) in [5.41, 5.74) is 0. The predicted octanol–water partition coefficient (Wildman–Crippen LogP) is 2.70. The van der Waals surface area contributed by atoms with Gasteiger partial charge in [-0.2, -0.15) is 5.26 Å². The lowest BCUT2D eigenvalue weighted by Gasteiger charge is -2.28. The molecule has 2 heteroatoms. The van der Waals surface area contributed by atoms with Gasteiger partial charge in [-0.05, 0) is 37.5 Å². The molecule has 1 aliphatic rings. The van der Waals surface area contributed by atoms with Crippen molar-refractivity contribution < 1.29 is 4.74 Å². The second-order valence-corrected chi connectivity index (χ2v) is 3.99. The van der Waals surface area contributed by atoms with E-state index in [1.54, 1.807) is 6.26 Å².